The summed E-state index contributed by atoms with van der Waals surface area (Å²) in [6, 6.07) is 8.30. The van der Waals surface area contributed by atoms with Gasteiger partial charge >= 0.3 is 5.97 Å². The van der Waals surface area contributed by atoms with Crippen LogP contribution in [-0.2, 0) is 0 Å². The molecule has 0 spiro atoms. The van der Waals surface area contributed by atoms with E-state index in [9.17, 15) is 4.79 Å². The van der Waals surface area contributed by atoms with Crippen LogP contribution in [0.5, 0.6) is 0 Å². The summed E-state index contributed by atoms with van der Waals surface area (Å²) < 4.78 is 0. The molecule has 0 unspecified atom stereocenters. The van der Waals surface area contributed by atoms with Crippen LogP contribution in [0.1, 0.15) is 24.2 Å². The second-order valence-electron chi connectivity index (χ2n) is 3.42. The lowest BCUT2D eigenvalue weighted by Crippen LogP contribution is -2.25. The molecule has 0 fully saturated rings. The molecule has 0 aliphatic carbocycles. The van der Waals surface area contributed by atoms with E-state index in [1.54, 1.807) is 30.3 Å². The molecular formula is C13H21NO3. The molecule has 0 saturated carbocycles. The highest BCUT2D eigenvalue weighted by Crippen LogP contribution is 1.96. The third-order valence-corrected chi connectivity index (χ3v) is 2.33. The lowest BCUT2D eigenvalue weighted by molar-refractivity contribution is 0.0697. The maximum Gasteiger partial charge on any atom is 0.335 e. The van der Waals surface area contributed by atoms with Gasteiger partial charge < -0.3 is 15.1 Å². The van der Waals surface area contributed by atoms with Crippen LogP contribution in [0.2, 0.25) is 0 Å². The van der Waals surface area contributed by atoms with Gasteiger partial charge in [0.1, 0.15) is 0 Å². The number of carbonyl (C=O) groups is 1. The predicted molar refractivity (Wildman–Crippen MR) is 68.3 cm³/mol. The van der Waals surface area contributed by atoms with E-state index in [4.69, 9.17) is 10.2 Å². The molecule has 0 bridgehead atoms. The first-order valence-corrected chi connectivity index (χ1v) is 5.77. The van der Waals surface area contributed by atoms with Gasteiger partial charge in [0.05, 0.1) is 12.2 Å². The van der Waals surface area contributed by atoms with Crippen molar-refractivity contribution in [1.29, 1.82) is 0 Å². The largest absolute Gasteiger partial charge is 0.478 e. The molecule has 1 rings (SSSR count). The number of hydrogen-bond acceptors (Lipinski definition) is 3. The Morgan fingerprint density at radius 3 is 1.94 bits per heavy atom. The number of carboxylic acids is 1. The van der Waals surface area contributed by atoms with Crippen molar-refractivity contribution in [3.05, 3.63) is 35.9 Å². The Bertz CT molecular complexity index is 297. The summed E-state index contributed by atoms with van der Waals surface area (Å²) in [5.74, 6) is -0.879. The Morgan fingerprint density at radius 2 is 1.71 bits per heavy atom. The number of rotatable bonds is 5. The molecule has 2 N–H and O–H groups in total. The van der Waals surface area contributed by atoms with Crippen molar-refractivity contribution in [2.24, 2.45) is 0 Å². The molecule has 4 heteroatoms. The Morgan fingerprint density at radius 1 is 1.18 bits per heavy atom. The number of benzene rings is 1. The summed E-state index contributed by atoms with van der Waals surface area (Å²) >= 11 is 0. The van der Waals surface area contributed by atoms with Crippen molar-refractivity contribution in [1.82, 2.24) is 4.90 Å². The van der Waals surface area contributed by atoms with Gasteiger partial charge in [0.2, 0.25) is 0 Å². The van der Waals surface area contributed by atoms with Crippen molar-refractivity contribution < 1.29 is 15.0 Å². The highest BCUT2D eigenvalue weighted by molar-refractivity contribution is 5.87. The zero-order valence-electron chi connectivity index (χ0n) is 10.5. The zero-order valence-corrected chi connectivity index (χ0v) is 10.5. The van der Waals surface area contributed by atoms with E-state index in [0.29, 0.717) is 5.56 Å². The van der Waals surface area contributed by atoms with Crippen molar-refractivity contribution >= 4 is 5.97 Å². The van der Waals surface area contributed by atoms with Crippen LogP contribution in [0.15, 0.2) is 30.3 Å². The van der Waals surface area contributed by atoms with Gasteiger partial charge in [0.25, 0.3) is 0 Å². The van der Waals surface area contributed by atoms with E-state index in [1.807, 2.05) is 0 Å². The Hall–Kier alpha value is -1.39. The SMILES string of the molecule is CCN(CC)CCO.O=C(O)c1ccccc1. The number of aromatic carboxylic acids is 1. The number of carboxylic acid groups (broad SMARTS) is 1. The molecule has 0 radical (unpaired) electrons. The zero-order chi connectivity index (χ0) is 13.1. The van der Waals surface area contributed by atoms with Crippen molar-refractivity contribution in [2.75, 3.05) is 26.2 Å². The van der Waals surface area contributed by atoms with E-state index in [2.05, 4.69) is 18.7 Å². The van der Waals surface area contributed by atoms with E-state index < -0.39 is 5.97 Å². The van der Waals surface area contributed by atoms with E-state index in [1.165, 1.54) is 0 Å². The minimum atomic E-state index is -0.879. The van der Waals surface area contributed by atoms with Gasteiger partial charge in [0.15, 0.2) is 0 Å². The molecule has 0 atom stereocenters. The van der Waals surface area contributed by atoms with Gasteiger partial charge in [-0.05, 0) is 25.2 Å². The normalized spacial score (nSPS) is 9.65. The van der Waals surface area contributed by atoms with E-state index >= 15 is 0 Å². The number of aliphatic hydroxyl groups is 1. The van der Waals surface area contributed by atoms with Gasteiger partial charge in [-0.1, -0.05) is 32.0 Å². The molecule has 96 valence electrons. The first kappa shape index (κ1) is 15.6. The first-order valence-electron chi connectivity index (χ1n) is 5.77. The number of likely N-dealkylation sites (N-methyl/N-ethyl adjacent to an activating group) is 1. The molecule has 1 aromatic carbocycles. The maximum absolute atomic E-state index is 10.2. The minimum Gasteiger partial charge on any atom is -0.478 e. The monoisotopic (exact) mass is 239 g/mol. The van der Waals surface area contributed by atoms with Gasteiger partial charge in [-0.3, -0.25) is 0 Å². The number of aliphatic hydroxyl groups excluding tert-OH is 1. The molecule has 0 aliphatic rings. The lowest BCUT2D eigenvalue weighted by Gasteiger charge is -2.15. The van der Waals surface area contributed by atoms with E-state index in [0.717, 1.165) is 19.6 Å². The van der Waals surface area contributed by atoms with Crippen LogP contribution in [-0.4, -0.2) is 47.3 Å². The third-order valence-electron chi connectivity index (χ3n) is 2.33. The molecular weight excluding hydrogens is 218 g/mol. The van der Waals surface area contributed by atoms with Crippen molar-refractivity contribution in [3.63, 3.8) is 0 Å². The maximum atomic E-state index is 10.2. The molecule has 0 aromatic heterocycles. The van der Waals surface area contributed by atoms with Gasteiger partial charge in [-0.25, -0.2) is 4.79 Å². The van der Waals surface area contributed by atoms with Gasteiger partial charge in [-0.2, -0.15) is 0 Å². The fraction of sp³-hybridized carbons (Fsp3) is 0.462. The number of hydrogen-bond donors (Lipinski definition) is 2. The van der Waals surface area contributed by atoms with Crippen LogP contribution in [0.25, 0.3) is 0 Å². The quantitative estimate of drug-likeness (QED) is 0.821. The topological polar surface area (TPSA) is 60.8 Å². The minimum absolute atomic E-state index is 0.279. The summed E-state index contributed by atoms with van der Waals surface area (Å²) in [5, 5.41) is 16.8. The first-order chi connectivity index (χ1) is 8.15. The van der Waals surface area contributed by atoms with Crippen LogP contribution in [0.3, 0.4) is 0 Å². The average Bonchev–Trinajstić information content (AvgIpc) is 2.37. The molecule has 0 aliphatic heterocycles. The van der Waals surface area contributed by atoms with Crippen molar-refractivity contribution in [2.45, 2.75) is 13.8 Å². The fourth-order valence-electron chi connectivity index (χ4n) is 1.26. The van der Waals surface area contributed by atoms with Crippen LogP contribution >= 0.6 is 0 Å². The average molecular weight is 239 g/mol. The van der Waals surface area contributed by atoms with Crippen LogP contribution < -0.4 is 0 Å². The molecule has 4 nitrogen and oxygen atoms in total. The Labute approximate surface area is 103 Å². The molecule has 17 heavy (non-hydrogen) atoms. The summed E-state index contributed by atoms with van der Waals surface area (Å²) in [5.41, 5.74) is 0.331. The smallest absolute Gasteiger partial charge is 0.335 e. The predicted octanol–water partition coefficient (Wildman–Crippen LogP) is 1.71. The lowest BCUT2D eigenvalue weighted by atomic mass is 10.2. The Balaban J connectivity index is 0.000000304. The summed E-state index contributed by atoms with van der Waals surface area (Å²) in [6.45, 7) is 7.36. The number of nitrogens with zero attached hydrogens (tertiary/aromatic N) is 1. The molecule has 0 saturated heterocycles. The highest BCUT2D eigenvalue weighted by atomic mass is 16.4. The second-order valence-corrected chi connectivity index (χ2v) is 3.42. The van der Waals surface area contributed by atoms with E-state index in [-0.39, 0.29) is 6.61 Å². The van der Waals surface area contributed by atoms with Gasteiger partial charge in [0, 0.05) is 6.54 Å². The van der Waals surface area contributed by atoms with Crippen LogP contribution in [0.4, 0.5) is 0 Å². The van der Waals surface area contributed by atoms with Crippen molar-refractivity contribution in [3.8, 4) is 0 Å². The molecule has 0 amide bonds. The highest BCUT2D eigenvalue weighted by Gasteiger charge is 1.96. The standard InChI is InChI=1S/C7H6O2.C6H15NO/c8-7(9)6-4-2-1-3-5-6;1-3-7(4-2)5-6-8/h1-5H,(H,8,9);8H,3-6H2,1-2H3. The summed E-state index contributed by atoms with van der Waals surface area (Å²) in [7, 11) is 0. The molecule has 1 aromatic rings. The molecule has 0 heterocycles. The fourth-order valence-corrected chi connectivity index (χ4v) is 1.26. The van der Waals surface area contributed by atoms with Gasteiger partial charge in [-0.15, -0.1) is 0 Å². The Kier molecular flexibility index (Phi) is 9.01. The second kappa shape index (κ2) is 9.81. The summed E-state index contributed by atoms with van der Waals surface area (Å²) in [6.07, 6.45) is 0. The van der Waals surface area contributed by atoms with Crippen LogP contribution in [0, 0.1) is 0 Å². The third kappa shape index (κ3) is 7.49. The summed E-state index contributed by atoms with van der Waals surface area (Å²) in [4.78, 5) is 12.4.